The minimum atomic E-state index is -0.162. The fraction of sp³-hybridized carbons (Fsp3) is 0.229. The monoisotopic (exact) mass is 572 g/mol. The summed E-state index contributed by atoms with van der Waals surface area (Å²) in [6.07, 6.45) is 4.60. The number of ether oxygens (including phenoxy) is 1. The van der Waals surface area contributed by atoms with Crippen LogP contribution in [0, 0.1) is 29.2 Å². The van der Waals surface area contributed by atoms with Gasteiger partial charge in [-0.2, -0.15) is 5.26 Å². The van der Waals surface area contributed by atoms with Gasteiger partial charge in [0.25, 0.3) is 5.70 Å². The second-order valence-electron chi connectivity index (χ2n) is 10.2. The maximum atomic E-state index is 10.1. The smallest absolute Gasteiger partial charge is 0.270 e. The molecule has 0 spiro atoms. The number of hydrogen-bond acceptors (Lipinski definition) is 6. The largest absolute Gasteiger partial charge is 0.439 e. The van der Waals surface area contributed by atoms with Crippen LogP contribution in [-0.2, 0) is 0 Å². The average molecular weight is 573 g/mol. The number of likely N-dealkylation sites (N-methyl/N-ethyl adjacent to an activating group) is 1. The molecule has 1 aliphatic heterocycles. The van der Waals surface area contributed by atoms with Crippen LogP contribution in [-0.4, -0.2) is 49.6 Å². The van der Waals surface area contributed by atoms with Crippen molar-refractivity contribution in [2.45, 2.75) is 18.9 Å². The van der Waals surface area contributed by atoms with Gasteiger partial charge in [-0.15, -0.1) is 0 Å². The first-order valence-corrected chi connectivity index (χ1v) is 14.1. The molecular formula is C35H34N5O3+. The normalized spacial score (nSPS) is 15.4. The molecule has 216 valence electrons. The van der Waals surface area contributed by atoms with Crippen LogP contribution >= 0.6 is 0 Å². The molecule has 0 amide bonds. The summed E-state index contributed by atoms with van der Waals surface area (Å²) in [5.41, 5.74) is 3.90. The number of rotatable bonds is 12. The molecule has 2 unspecified atom stereocenters. The highest BCUT2D eigenvalue weighted by molar-refractivity contribution is 5.88. The van der Waals surface area contributed by atoms with Crippen LogP contribution in [0.2, 0.25) is 0 Å². The van der Waals surface area contributed by atoms with E-state index in [1.54, 1.807) is 36.4 Å². The standard InChI is InChI=1S/C35H33N5O3/c1-38-31(24-37)35(27-12-7-4-8-13-27)29(23-36)15-17-34-40(20-9-19-39(2)30(25-42)18-21-41)32-22-28(14-16-33(32)43-34)26-10-5-3-6-11-26/h3-8,10-17,22,30,41-42H,9,18-21,25H2,2H3/p+1/b29-15+,34-17-,35-31-. The van der Waals surface area contributed by atoms with Crippen molar-refractivity contribution in [3.05, 3.63) is 125 Å². The van der Waals surface area contributed by atoms with E-state index in [1.807, 2.05) is 49.5 Å². The van der Waals surface area contributed by atoms with Crippen LogP contribution < -0.4 is 14.5 Å². The molecule has 3 aromatic carbocycles. The summed E-state index contributed by atoms with van der Waals surface area (Å²) >= 11 is 0. The van der Waals surface area contributed by atoms with Gasteiger partial charge in [0.05, 0.1) is 50.2 Å². The van der Waals surface area contributed by atoms with Crippen molar-refractivity contribution in [1.82, 2.24) is 0 Å². The van der Waals surface area contributed by atoms with Crippen LogP contribution in [0.15, 0.2) is 108 Å². The van der Waals surface area contributed by atoms with E-state index in [2.05, 4.69) is 34.0 Å². The number of nitriles is 2. The highest BCUT2D eigenvalue weighted by Gasteiger charge is 2.27. The van der Waals surface area contributed by atoms with Crippen LogP contribution in [0.25, 0.3) is 21.5 Å². The lowest BCUT2D eigenvalue weighted by molar-refractivity contribution is -0.907. The molecule has 0 saturated heterocycles. The van der Waals surface area contributed by atoms with E-state index in [1.165, 1.54) is 0 Å². The summed E-state index contributed by atoms with van der Waals surface area (Å²) in [7, 11) is 2.01. The molecule has 0 radical (unpaired) electrons. The number of aliphatic hydroxyl groups excluding tert-OH is 2. The Kier molecular flexibility index (Phi) is 10.9. The lowest BCUT2D eigenvalue weighted by Gasteiger charge is -2.24. The Labute approximate surface area is 252 Å². The molecule has 3 aromatic rings. The molecule has 2 atom stereocenters. The Hall–Kier alpha value is -5.17. The zero-order chi connectivity index (χ0) is 30.6. The van der Waals surface area contributed by atoms with Gasteiger partial charge in [-0.25, -0.2) is 10.1 Å². The van der Waals surface area contributed by atoms with Gasteiger partial charge in [-0.1, -0.05) is 66.7 Å². The zero-order valence-corrected chi connectivity index (χ0v) is 24.1. The number of hydrogen-bond donors (Lipinski definition) is 3. The van der Waals surface area contributed by atoms with E-state index in [4.69, 9.17) is 11.3 Å². The molecule has 43 heavy (non-hydrogen) atoms. The number of benzene rings is 3. The van der Waals surface area contributed by atoms with Crippen molar-refractivity contribution < 1.29 is 19.8 Å². The van der Waals surface area contributed by atoms with E-state index >= 15 is 0 Å². The van der Waals surface area contributed by atoms with Crippen LogP contribution in [0.1, 0.15) is 18.4 Å². The van der Waals surface area contributed by atoms with Gasteiger partial charge < -0.3 is 24.7 Å². The predicted molar refractivity (Wildman–Crippen MR) is 166 cm³/mol. The summed E-state index contributed by atoms with van der Waals surface area (Å²) in [6.45, 7) is 8.92. The molecule has 1 aliphatic rings. The van der Waals surface area contributed by atoms with Crippen LogP contribution in [0.5, 0.6) is 5.75 Å². The van der Waals surface area contributed by atoms with Gasteiger partial charge in [-0.3, -0.25) is 0 Å². The van der Waals surface area contributed by atoms with Gasteiger partial charge in [0.1, 0.15) is 6.04 Å². The molecule has 8 heteroatoms. The molecule has 0 aromatic heterocycles. The molecule has 0 aliphatic carbocycles. The number of nitrogens with zero attached hydrogens (tertiary/aromatic N) is 4. The van der Waals surface area contributed by atoms with Gasteiger partial charge >= 0.3 is 0 Å². The van der Waals surface area contributed by atoms with Crippen molar-refractivity contribution in [1.29, 1.82) is 10.5 Å². The third-order valence-corrected chi connectivity index (χ3v) is 7.48. The number of fused-ring (bicyclic) bond motifs is 1. The topological polar surface area (TPSA) is 109 Å². The SMILES string of the molecule is [C-]#[N+]\C(C#N)=C(/C(C#N)=C/C=C1\Oc2ccc(-c3ccccc3)cc2N1CCC[NH+](C)C(CO)CCO)c1ccccc1. The second kappa shape index (κ2) is 15.2. The molecule has 0 saturated carbocycles. The number of quaternary nitrogens is 1. The van der Waals surface area contributed by atoms with Gasteiger partial charge in [-0.05, 0) is 34.9 Å². The second-order valence-corrected chi connectivity index (χ2v) is 10.2. The molecular weight excluding hydrogens is 538 g/mol. The van der Waals surface area contributed by atoms with E-state index in [0.29, 0.717) is 30.2 Å². The third-order valence-electron chi connectivity index (χ3n) is 7.48. The first kappa shape index (κ1) is 30.8. The first-order valence-electron chi connectivity index (χ1n) is 14.1. The minimum Gasteiger partial charge on any atom is -0.439 e. The summed E-state index contributed by atoms with van der Waals surface area (Å²) in [5.74, 6) is 1.21. The van der Waals surface area contributed by atoms with Gasteiger partial charge in [0, 0.05) is 37.6 Å². The summed E-state index contributed by atoms with van der Waals surface area (Å²) < 4.78 is 6.28. The Balaban J connectivity index is 1.71. The molecule has 0 fully saturated rings. The summed E-state index contributed by atoms with van der Waals surface area (Å²) in [5, 5.41) is 38.9. The van der Waals surface area contributed by atoms with E-state index < -0.39 is 0 Å². The molecule has 4 rings (SSSR count). The van der Waals surface area contributed by atoms with Crippen molar-refractivity contribution in [3.8, 4) is 29.0 Å². The van der Waals surface area contributed by atoms with Crippen LogP contribution in [0.4, 0.5) is 5.69 Å². The Morgan fingerprint density at radius 2 is 1.74 bits per heavy atom. The fourth-order valence-electron chi connectivity index (χ4n) is 5.13. The minimum absolute atomic E-state index is 0.00191. The summed E-state index contributed by atoms with van der Waals surface area (Å²) in [6, 6.07) is 29.1. The van der Waals surface area contributed by atoms with Gasteiger partial charge in [0.2, 0.25) is 5.88 Å². The summed E-state index contributed by atoms with van der Waals surface area (Å²) in [4.78, 5) is 6.58. The van der Waals surface area contributed by atoms with Gasteiger partial charge in [0.15, 0.2) is 5.75 Å². The molecule has 8 nitrogen and oxygen atoms in total. The number of nitrogens with one attached hydrogen (secondary N) is 1. The molecule has 3 N–H and O–H groups in total. The Bertz CT molecular complexity index is 1610. The van der Waals surface area contributed by atoms with E-state index in [-0.39, 0.29) is 36.1 Å². The highest BCUT2D eigenvalue weighted by Crippen LogP contribution is 2.42. The predicted octanol–water partition coefficient (Wildman–Crippen LogP) is 4.35. The van der Waals surface area contributed by atoms with Crippen molar-refractivity contribution in [3.63, 3.8) is 0 Å². The molecule has 0 bridgehead atoms. The fourth-order valence-corrected chi connectivity index (χ4v) is 5.13. The maximum absolute atomic E-state index is 10.1. The van der Waals surface area contributed by atoms with Crippen molar-refractivity contribution >= 4 is 11.3 Å². The number of allylic oxidation sites excluding steroid dienone is 5. The maximum Gasteiger partial charge on any atom is 0.270 e. The van der Waals surface area contributed by atoms with Crippen LogP contribution in [0.3, 0.4) is 0 Å². The Morgan fingerprint density at radius 3 is 2.37 bits per heavy atom. The van der Waals surface area contributed by atoms with E-state index in [9.17, 15) is 20.7 Å². The highest BCUT2D eigenvalue weighted by atomic mass is 16.5. The van der Waals surface area contributed by atoms with Crippen molar-refractivity contribution in [2.24, 2.45) is 0 Å². The quantitative estimate of drug-likeness (QED) is 0.169. The third kappa shape index (κ3) is 7.38. The average Bonchev–Trinajstić information content (AvgIpc) is 3.40. The lowest BCUT2D eigenvalue weighted by Crippen LogP contribution is -3.13. The number of anilines is 1. The first-order chi connectivity index (χ1) is 21.0. The Morgan fingerprint density at radius 1 is 1.02 bits per heavy atom. The number of aliphatic hydroxyl groups is 2. The zero-order valence-electron chi connectivity index (χ0n) is 24.1. The molecule has 1 heterocycles. The lowest BCUT2D eigenvalue weighted by atomic mass is 9.96. The van der Waals surface area contributed by atoms with Crippen molar-refractivity contribution in [2.75, 3.05) is 38.3 Å². The van der Waals surface area contributed by atoms with E-state index in [0.717, 1.165) is 34.7 Å².